The molecular formula is C13H11N3O2S. The summed E-state index contributed by atoms with van der Waals surface area (Å²) in [5.74, 6) is -0.556. The van der Waals surface area contributed by atoms with E-state index in [1.165, 1.54) is 16.2 Å². The highest BCUT2D eigenvalue weighted by molar-refractivity contribution is 7.13. The van der Waals surface area contributed by atoms with Crippen LogP contribution in [0.2, 0.25) is 0 Å². The largest absolute Gasteiger partial charge is 0.375 e. The number of amides is 2. The van der Waals surface area contributed by atoms with Crippen LogP contribution >= 0.6 is 11.3 Å². The number of anilines is 1. The molecule has 1 aliphatic heterocycles. The lowest BCUT2D eigenvalue weighted by atomic mass is 10.1. The van der Waals surface area contributed by atoms with Gasteiger partial charge in [-0.3, -0.25) is 14.5 Å². The minimum Gasteiger partial charge on any atom is -0.375 e. The fourth-order valence-corrected chi connectivity index (χ4v) is 2.83. The third-order valence-electron chi connectivity index (χ3n) is 3.18. The predicted molar refractivity (Wildman–Crippen MR) is 71.9 cm³/mol. The molecule has 2 heterocycles. The zero-order chi connectivity index (χ0) is 13.6. The van der Waals surface area contributed by atoms with Crippen LogP contribution in [0.3, 0.4) is 0 Å². The Morgan fingerprint density at radius 2 is 1.79 bits per heavy atom. The lowest BCUT2D eigenvalue weighted by Crippen LogP contribution is -2.32. The molecule has 0 fully saturated rings. The number of benzene rings is 1. The minimum atomic E-state index is -0.416. The number of aromatic nitrogens is 1. The van der Waals surface area contributed by atoms with Crippen LogP contribution in [0.5, 0.6) is 0 Å². The second-order valence-electron chi connectivity index (χ2n) is 4.31. The molecule has 2 amide bonds. The summed E-state index contributed by atoms with van der Waals surface area (Å²) in [4.78, 5) is 29.9. The number of imide groups is 1. The summed E-state index contributed by atoms with van der Waals surface area (Å²) in [5.41, 5.74) is 7.12. The molecule has 0 unspecified atom stereocenters. The average molecular weight is 273 g/mol. The summed E-state index contributed by atoms with van der Waals surface area (Å²) in [6.07, 6.45) is 0. The number of nitrogen functional groups attached to an aromatic ring is 1. The van der Waals surface area contributed by atoms with Gasteiger partial charge < -0.3 is 5.73 Å². The molecule has 0 radical (unpaired) electrons. The van der Waals surface area contributed by atoms with Gasteiger partial charge in [0.05, 0.1) is 22.9 Å². The fraction of sp³-hybridized carbons (Fsp3) is 0.154. The van der Waals surface area contributed by atoms with E-state index in [9.17, 15) is 9.59 Å². The van der Waals surface area contributed by atoms with E-state index in [0.717, 1.165) is 0 Å². The van der Waals surface area contributed by atoms with Crippen molar-refractivity contribution in [2.45, 2.75) is 13.0 Å². The number of rotatable bonds is 2. The summed E-state index contributed by atoms with van der Waals surface area (Å²) in [6.45, 7) is 1.77. The number of hydrogen-bond donors (Lipinski definition) is 1. The van der Waals surface area contributed by atoms with Crippen molar-refractivity contribution in [3.8, 4) is 0 Å². The van der Waals surface area contributed by atoms with Gasteiger partial charge in [-0.15, -0.1) is 11.3 Å². The molecule has 1 aromatic heterocycles. The molecule has 0 bridgehead atoms. The molecule has 2 aromatic rings. The third-order valence-corrected chi connectivity index (χ3v) is 3.87. The van der Waals surface area contributed by atoms with Gasteiger partial charge in [-0.2, -0.15) is 0 Å². The number of carbonyl (C=O) groups is 2. The quantitative estimate of drug-likeness (QED) is 0.850. The van der Waals surface area contributed by atoms with Crippen molar-refractivity contribution in [3.63, 3.8) is 0 Å². The molecule has 6 heteroatoms. The van der Waals surface area contributed by atoms with Gasteiger partial charge in [0.25, 0.3) is 11.8 Å². The van der Waals surface area contributed by atoms with Crippen molar-refractivity contribution in [2.75, 3.05) is 5.73 Å². The maximum absolute atomic E-state index is 12.3. The molecule has 2 N–H and O–H groups in total. The summed E-state index contributed by atoms with van der Waals surface area (Å²) in [6, 6.07) is 6.41. The summed E-state index contributed by atoms with van der Waals surface area (Å²) in [5, 5.41) is 2.20. The molecule has 0 spiro atoms. The normalized spacial score (nSPS) is 15.7. The van der Waals surface area contributed by atoms with E-state index >= 15 is 0 Å². The number of hydrogen-bond acceptors (Lipinski definition) is 5. The van der Waals surface area contributed by atoms with Crippen LogP contribution in [-0.2, 0) is 0 Å². The highest BCUT2D eigenvalue weighted by Gasteiger charge is 2.39. The van der Waals surface area contributed by atoms with Gasteiger partial charge in [-0.1, -0.05) is 12.1 Å². The SMILES string of the molecule is C[C@@H](c1csc(N)n1)N1C(=O)c2ccccc2C1=O. The number of thiazole rings is 1. The molecule has 1 aromatic carbocycles. The van der Waals surface area contributed by atoms with Crippen LogP contribution in [0, 0.1) is 0 Å². The summed E-state index contributed by atoms with van der Waals surface area (Å²) < 4.78 is 0. The second kappa shape index (κ2) is 4.17. The monoisotopic (exact) mass is 273 g/mol. The minimum absolute atomic E-state index is 0.278. The number of nitrogens with two attached hydrogens (primary N) is 1. The first-order valence-corrected chi connectivity index (χ1v) is 6.65. The van der Waals surface area contributed by atoms with Crippen molar-refractivity contribution in [1.29, 1.82) is 0 Å². The van der Waals surface area contributed by atoms with E-state index in [1.54, 1.807) is 36.6 Å². The van der Waals surface area contributed by atoms with Gasteiger partial charge in [-0.25, -0.2) is 4.98 Å². The second-order valence-corrected chi connectivity index (χ2v) is 5.20. The smallest absolute Gasteiger partial charge is 0.262 e. The predicted octanol–water partition coefficient (Wildman–Crippen LogP) is 2.08. The average Bonchev–Trinajstić information content (AvgIpc) is 2.94. The molecule has 0 aliphatic carbocycles. The summed E-state index contributed by atoms with van der Waals surface area (Å²) in [7, 11) is 0. The molecule has 19 heavy (non-hydrogen) atoms. The third kappa shape index (κ3) is 1.72. The van der Waals surface area contributed by atoms with Crippen LogP contribution < -0.4 is 5.73 Å². The summed E-state index contributed by atoms with van der Waals surface area (Å²) >= 11 is 1.30. The highest BCUT2D eigenvalue weighted by Crippen LogP contribution is 2.31. The molecular weight excluding hydrogens is 262 g/mol. The molecule has 3 rings (SSSR count). The topological polar surface area (TPSA) is 76.3 Å². The highest BCUT2D eigenvalue weighted by atomic mass is 32.1. The van der Waals surface area contributed by atoms with Crippen molar-refractivity contribution >= 4 is 28.3 Å². The van der Waals surface area contributed by atoms with E-state index in [4.69, 9.17) is 5.73 Å². The van der Waals surface area contributed by atoms with Crippen molar-refractivity contribution in [1.82, 2.24) is 9.88 Å². The fourth-order valence-electron chi connectivity index (χ4n) is 2.18. The Bertz CT molecular complexity index is 645. The van der Waals surface area contributed by atoms with Gasteiger partial charge in [-0.05, 0) is 19.1 Å². The van der Waals surface area contributed by atoms with E-state index in [0.29, 0.717) is 22.0 Å². The standard InChI is InChI=1S/C13H11N3O2S/c1-7(10-6-19-13(14)15-10)16-11(17)8-4-2-3-5-9(8)12(16)18/h2-7H,1H3,(H2,14,15)/t7-/m0/s1. The van der Waals surface area contributed by atoms with Gasteiger partial charge >= 0.3 is 0 Å². The Balaban J connectivity index is 2.00. The first kappa shape index (κ1) is 11.9. The molecule has 0 saturated carbocycles. The Kier molecular flexibility index (Phi) is 2.60. The van der Waals surface area contributed by atoms with Crippen molar-refractivity contribution < 1.29 is 9.59 Å². The van der Waals surface area contributed by atoms with E-state index in [1.807, 2.05) is 0 Å². The van der Waals surface area contributed by atoms with Crippen molar-refractivity contribution in [3.05, 3.63) is 46.5 Å². The Morgan fingerprint density at radius 3 is 2.26 bits per heavy atom. The van der Waals surface area contributed by atoms with Crippen LogP contribution in [0.1, 0.15) is 39.4 Å². The first-order valence-electron chi connectivity index (χ1n) is 5.77. The van der Waals surface area contributed by atoms with Gasteiger partial charge in [0.15, 0.2) is 5.13 Å². The molecule has 0 saturated heterocycles. The van der Waals surface area contributed by atoms with Crippen LogP contribution in [0.15, 0.2) is 29.6 Å². The maximum atomic E-state index is 12.3. The Morgan fingerprint density at radius 1 is 1.21 bits per heavy atom. The lowest BCUT2D eigenvalue weighted by molar-refractivity contribution is 0.0592. The zero-order valence-corrected chi connectivity index (χ0v) is 11.0. The molecule has 96 valence electrons. The van der Waals surface area contributed by atoms with Crippen LogP contribution in [0.25, 0.3) is 0 Å². The van der Waals surface area contributed by atoms with Crippen LogP contribution in [0.4, 0.5) is 5.13 Å². The molecule has 1 atom stereocenters. The first-order chi connectivity index (χ1) is 9.09. The Hall–Kier alpha value is -2.21. The maximum Gasteiger partial charge on any atom is 0.262 e. The van der Waals surface area contributed by atoms with Crippen LogP contribution in [-0.4, -0.2) is 21.7 Å². The van der Waals surface area contributed by atoms with Crippen molar-refractivity contribution in [2.24, 2.45) is 0 Å². The molecule has 5 nitrogen and oxygen atoms in total. The van der Waals surface area contributed by atoms with E-state index in [2.05, 4.69) is 4.98 Å². The zero-order valence-electron chi connectivity index (χ0n) is 10.2. The molecule has 1 aliphatic rings. The lowest BCUT2D eigenvalue weighted by Gasteiger charge is -2.20. The van der Waals surface area contributed by atoms with Gasteiger partial charge in [0.1, 0.15) is 0 Å². The van der Waals surface area contributed by atoms with Gasteiger partial charge in [0.2, 0.25) is 0 Å². The van der Waals surface area contributed by atoms with Gasteiger partial charge in [0, 0.05) is 5.38 Å². The number of carbonyl (C=O) groups excluding carboxylic acids is 2. The number of fused-ring (bicyclic) bond motifs is 1. The van der Waals surface area contributed by atoms with E-state index < -0.39 is 6.04 Å². The van der Waals surface area contributed by atoms with E-state index in [-0.39, 0.29) is 11.8 Å². The number of nitrogens with zero attached hydrogens (tertiary/aromatic N) is 2. The Labute approximate surface area is 113 Å².